The second-order valence-electron chi connectivity index (χ2n) is 6.51. The van der Waals surface area contributed by atoms with Crippen molar-refractivity contribution in [3.8, 4) is 5.75 Å². The Hall–Kier alpha value is -2.26. The quantitative estimate of drug-likeness (QED) is 0.667. The first kappa shape index (κ1) is 15.3. The Kier molecular flexibility index (Phi) is 4.52. The summed E-state index contributed by atoms with van der Waals surface area (Å²) in [4.78, 5) is 3.52. The minimum atomic E-state index is 0.784. The molecule has 0 unspecified atom stereocenters. The number of aryl methyl sites for hydroxylation is 1. The highest BCUT2D eigenvalue weighted by atomic mass is 16.5. The number of benzene rings is 2. The summed E-state index contributed by atoms with van der Waals surface area (Å²) in [6.07, 6.45) is 4.47. The number of fused-ring (bicyclic) bond motifs is 3. The summed E-state index contributed by atoms with van der Waals surface area (Å²) in [6, 6.07) is 17.1. The van der Waals surface area contributed by atoms with E-state index in [0.29, 0.717) is 0 Å². The zero-order valence-corrected chi connectivity index (χ0v) is 14.0. The summed E-state index contributed by atoms with van der Waals surface area (Å²) in [6.45, 7) is 2.79. The molecule has 1 aromatic heterocycles. The molecule has 0 saturated heterocycles. The van der Waals surface area contributed by atoms with Crippen LogP contribution in [0, 0.1) is 0 Å². The van der Waals surface area contributed by atoms with Crippen LogP contribution >= 0.6 is 0 Å². The fourth-order valence-electron chi connectivity index (χ4n) is 3.50. The number of unbranched alkanes of at least 4 members (excludes halogenated alkanes) is 1. The van der Waals surface area contributed by atoms with Crippen molar-refractivity contribution in [2.24, 2.45) is 0 Å². The van der Waals surface area contributed by atoms with Crippen LogP contribution in [0.5, 0.6) is 5.75 Å². The van der Waals surface area contributed by atoms with Crippen molar-refractivity contribution in [2.45, 2.75) is 32.2 Å². The van der Waals surface area contributed by atoms with E-state index in [9.17, 15) is 0 Å². The molecule has 0 bridgehead atoms. The topological polar surface area (TPSA) is 37.0 Å². The van der Waals surface area contributed by atoms with Crippen LogP contribution in [0.25, 0.3) is 10.9 Å². The van der Waals surface area contributed by atoms with E-state index in [1.807, 2.05) is 0 Å². The minimum absolute atomic E-state index is 0.784. The van der Waals surface area contributed by atoms with Crippen LogP contribution in [0.2, 0.25) is 0 Å². The van der Waals surface area contributed by atoms with Crippen LogP contribution in [0.3, 0.4) is 0 Å². The van der Waals surface area contributed by atoms with Crippen molar-refractivity contribution in [1.29, 1.82) is 0 Å². The summed E-state index contributed by atoms with van der Waals surface area (Å²) in [7, 11) is 0. The molecule has 3 nitrogen and oxygen atoms in total. The second kappa shape index (κ2) is 7.10. The molecule has 2 aromatic carbocycles. The largest absolute Gasteiger partial charge is 0.494 e. The van der Waals surface area contributed by atoms with Crippen LogP contribution in [0.1, 0.15) is 29.7 Å². The smallest absolute Gasteiger partial charge is 0.120 e. The Morgan fingerprint density at radius 1 is 1.00 bits per heavy atom. The zero-order valence-electron chi connectivity index (χ0n) is 14.0. The summed E-state index contributed by atoms with van der Waals surface area (Å²) in [5.74, 6) is 0.988. The molecule has 0 fully saturated rings. The normalized spacial score (nSPS) is 13.8. The van der Waals surface area contributed by atoms with Crippen molar-refractivity contribution >= 4 is 10.9 Å². The van der Waals surface area contributed by atoms with E-state index in [0.717, 1.165) is 51.1 Å². The average Bonchev–Trinajstić information content (AvgIpc) is 3.00. The van der Waals surface area contributed by atoms with Gasteiger partial charge in [0, 0.05) is 23.1 Å². The number of ether oxygens (including phenoxy) is 1. The standard InChI is InChI=1S/C21H24N2O/c1-2-6-16(7-3-1)8-4-5-13-24-17-9-10-20-19(14-17)18-11-12-22-15-21(18)23-20/h1-3,6-7,9-10,14,22-23H,4-5,8,11-13,15H2. The molecule has 1 aliphatic rings. The Bertz CT molecular complexity index is 807. The van der Waals surface area contributed by atoms with Gasteiger partial charge in [0.25, 0.3) is 0 Å². The van der Waals surface area contributed by atoms with Gasteiger partial charge in [-0.25, -0.2) is 0 Å². The van der Waals surface area contributed by atoms with Gasteiger partial charge in [0.15, 0.2) is 0 Å². The zero-order chi connectivity index (χ0) is 16.2. The average molecular weight is 320 g/mol. The fourth-order valence-corrected chi connectivity index (χ4v) is 3.50. The van der Waals surface area contributed by atoms with Crippen molar-refractivity contribution in [2.75, 3.05) is 13.2 Å². The minimum Gasteiger partial charge on any atom is -0.494 e. The van der Waals surface area contributed by atoms with E-state index in [1.54, 1.807) is 0 Å². The number of rotatable bonds is 6. The molecule has 3 heteroatoms. The highest BCUT2D eigenvalue weighted by Gasteiger charge is 2.15. The lowest BCUT2D eigenvalue weighted by Gasteiger charge is -2.12. The summed E-state index contributed by atoms with van der Waals surface area (Å²) < 4.78 is 5.98. The van der Waals surface area contributed by atoms with E-state index >= 15 is 0 Å². The maximum atomic E-state index is 5.98. The van der Waals surface area contributed by atoms with Crippen LogP contribution in [0.4, 0.5) is 0 Å². The third-order valence-electron chi connectivity index (χ3n) is 4.79. The van der Waals surface area contributed by atoms with Crippen LogP contribution < -0.4 is 10.1 Å². The number of aromatic nitrogens is 1. The van der Waals surface area contributed by atoms with Gasteiger partial charge in [-0.2, -0.15) is 0 Å². The first-order valence-electron chi connectivity index (χ1n) is 8.91. The molecule has 0 aliphatic carbocycles. The van der Waals surface area contributed by atoms with Crippen LogP contribution in [-0.4, -0.2) is 18.1 Å². The molecular formula is C21H24N2O. The van der Waals surface area contributed by atoms with Gasteiger partial charge in [-0.15, -0.1) is 0 Å². The van der Waals surface area contributed by atoms with E-state index in [4.69, 9.17) is 4.74 Å². The molecule has 1 aliphatic heterocycles. The molecule has 0 spiro atoms. The van der Waals surface area contributed by atoms with E-state index in [2.05, 4.69) is 58.8 Å². The maximum absolute atomic E-state index is 5.98. The van der Waals surface area contributed by atoms with Gasteiger partial charge in [-0.1, -0.05) is 30.3 Å². The first-order valence-corrected chi connectivity index (χ1v) is 8.91. The number of aromatic amines is 1. The Morgan fingerprint density at radius 2 is 1.92 bits per heavy atom. The molecule has 124 valence electrons. The third kappa shape index (κ3) is 3.31. The third-order valence-corrected chi connectivity index (χ3v) is 4.79. The van der Waals surface area contributed by atoms with Crippen LogP contribution in [-0.2, 0) is 19.4 Å². The second-order valence-corrected chi connectivity index (χ2v) is 6.51. The Balaban J connectivity index is 1.33. The van der Waals surface area contributed by atoms with Gasteiger partial charge in [0.1, 0.15) is 5.75 Å². The van der Waals surface area contributed by atoms with Crippen molar-refractivity contribution in [3.05, 3.63) is 65.4 Å². The molecule has 0 radical (unpaired) electrons. The number of hydrogen-bond donors (Lipinski definition) is 2. The molecule has 0 saturated carbocycles. The SMILES string of the molecule is c1ccc(CCCCOc2ccc3[nH]c4c(c3c2)CCNC4)cc1. The highest BCUT2D eigenvalue weighted by molar-refractivity contribution is 5.86. The predicted octanol–water partition coefficient (Wildman–Crippen LogP) is 4.22. The molecule has 4 rings (SSSR count). The van der Waals surface area contributed by atoms with E-state index in [-0.39, 0.29) is 0 Å². The van der Waals surface area contributed by atoms with Gasteiger partial charge >= 0.3 is 0 Å². The van der Waals surface area contributed by atoms with Crippen LogP contribution in [0.15, 0.2) is 48.5 Å². The predicted molar refractivity (Wildman–Crippen MR) is 98.6 cm³/mol. The lowest BCUT2D eigenvalue weighted by Crippen LogP contribution is -2.22. The van der Waals surface area contributed by atoms with Crippen molar-refractivity contribution in [1.82, 2.24) is 10.3 Å². The lowest BCUT2D eigenvalue weighted by molar-refractivity contribution is 0.307. The van der Waals surface area contributed by atoms with Crippen molar-refractivity contribution in [3.63, 3.8) is 0 Å². The summed E-state index contributed by atoms with van der Waals surface area (Å²) in [5.41, 5.74) is 5.42. The molecule has 0 amide bonds. The van der Waals surface area contributed by atoms with E-state index in [1.165, 1.54) is 27.7 Å². The monoisotopic (exact) mass is 320 g/mol. The van der Waals surface area contributed by atoms with E-state index < -0.39 is 0 Å². The Morgan fingerprint density at radius 3 is 2.83 bits per heavy atom. The molecule has 2 N–H and O–H groups in total. The number of nitrogens with one attached hydrogen (secondary N) is 2. The molecule has 2 heterocycles. The maximum Gasteiger partial charge on any atom is 0.120 e. The molecule has 3 aromatic rings. The van der Waals surface area contributed by atoms with Crippen molar-refractivity contribution < 1.29 is 4.74 Å². The number of H-pyrrole nitrogens is 1. The molecule has 0 atom stereocenters. The van der Waals surface area contributed by atoms with Gasteiger partial charge in [-0.3, -0.25) is 0 Å². The van der Waals surface area contributed by atoms with Gasteiger partial charge in [-0.05, 0) is 61.6 Å². The van der Waals surface area contributed by atoms with Gasteiger partial charge < -0.3 is 15.0 Å². The summed E-state index contributed by atoms with van der Waals surface area (Å²) in [5, 5.41) is 4.74. The Labute approximate surface area is 143 Å². The van der Waals surface area contributed by atoms with Gasteiger partial charge in [0.05, 0.1) is 6.61 Å². The fraction of sp³-hybridized carbons (Fsp3) is 0.333. The molecular weight excluding hydrogens is 296 g/mol. The summed E-state index contributed by atoms with van der Waals surface area (Å²) >= 11 is 0. The first-order chi connectivity index (χ1) is 11.9. The van der Waals surface area contributed by atoms with Gasteiger partial charge in [0.2, 0.25) is 0 Å². The highest BCUT2D eigenvalue weighted by Crippen LogP contribution is 2.28. The lowest BCUT2D eigenvalue weighted by atomic mass is 10.0. The number of hydrogen-bond acceptors (Lipinski definition) is 2. The molecule has 24 heavy (non-hydrogen) atoms.